The van der Waals surface area contributed by atoms with E-state index >= 15 is 0 Å². The predicted molar refractivity (Wildman–Crippen MR) is 95.6 cm³/mol. The van der Waals surface area contributed by atoms with Crippen LogP contribution in [0.4, 0.5) is 0 Å². The van der Waals surface area contributed by atoms with Gasteiger partial charge in [-0.05, 0) is 38.0 Å². The lowest BCUT2D eigenvalue weighted by atomic mass is 9.92. The maximum absolute atomic E-state index is 11.0. The third kappa shape index (κ3) is 8.24. The highest BCUT2D eigenvalue weighted by Gasteiger charge is 2.23. The molecular weight excluding hydrogens is 290 g/mol. The second kappa shape index (κ2) is 11.3. The van der Waals surface area contributed by atoms with Crippen molar-refractivity contribution in [2.45, 2.75) is 59.3 Å². The molecule has 0 saturated carbocycles. The van der Waals surface area contributed by atoms with Gasteiger partial charge in [0.1, 0.15) is 0 Å². The first-order valence-electron chi connectivity index (χ1n) is 9.16. The van der Waals surface area contributed by atoms with Crippen molar-refractivity contribution in [1.29, 1.82) is 0 Å². The number of esters is 1. The standard InChI is InChI=1S/C18H35N3O2/c1-5-19-18(21-13-15(2)12-16(3)14-21)20-11-9-7-6-8-10-17(22)23-4/h15-16H,5-14H2,1-4H3,(H,19,20). The largest absolute Gasteiger partial charge is 0.469 e. The van der Waals surface area contributed by atoms with Gasteiger partial charge in [-0.1, -0.05) is 26.7 Å². The van der Waals surface area contributed by atoms with E-state index in [-0.39, 0.29) is 5.97 Å². The fourth-order valence-corrected chi connectivity index (χ4v) is 3.28. The van der Waals surface area contributed by atoms with E-state index in [0.717, 1.165) is 69.7 Å². The van der Waals surface area contributed by atoms with E-state index in [9.17, 15) is 4.79 Å². The van der Waals surface area contributed by atoms with E-state index < -0.39 is 0 Å². The second-order valence-electron chi connectivity index (χ2n) is 6.83. The van der Waals surface area contributed by atoms with Gasteiger partial charge in [0, 0.05) is 32.6 Å². The molecule has 5 heteroatoms. The van der Waals surface area contributed by atoms with Crippen molar-refractivity contribution in [1.82, 2.24) is 10.2 Å². The Balaban J connectivity index is 2.30. The quantitative estimate of drug-likeness (QED) is 0.322. The molecule has 0 aromatic carbocycles. The number of likely N-dealkylation sites (tertiary alicyclic amines) is 1. The minimum Gasteiger partial charge on any atom is -0.469 e. The Morgan fingerprint density at radius 3 is 2.43 bits per heavy atom. The van der Waals surface area contributed by atoms with Crippen molar-refractivity contribution < 1.29 is 9.53 Å². The number of hydrogen-bond acceptors (Lipinski definition) is 3. The number of rotatable bonds is 8. The fourth-order valence-electron chi connectivity index (χ4n) is 3.28. The Bertz CT molecular complexity index is 361. The van der Waals surface area contributed by atoms with Crippen LogP contribution in [0.2, 0.25) is 0 Å². The van der Waals surface area contributed by atoms with Crippen molar-refractivity contribution in [3.05, 3.63) is 0 Å². The molecule has 0 amide bonds. The predicted octanol–water partition coefficient (Wildman–Crippen LogP) is 3.05. The Labute approximate surface area is 141 Å². The minimum atomic E-state index is -0.106. The summed E-state index contributed by atoms with van der Waals surface area (Å²) in [7, 11) is 1.45. The zero-order valence-corrected chi connectivity index (χ0v) is 15.4. The highest BCUT2D eigenvalue weighted by molar-refractivity contribution is 5.80. The first kappa shape index (κ1) is 19.8. The molecule has 134 valence electrons. The van der Waals surface area contributed by atoms with Crippen LogP contribution in [-0.2, 0) is 9.53 Å². The summed E-state index contributed by atoms with van der Waals surface area (Å²) in [5.41, 5.74) is 0. The molecule has 0 radical (unpaired) electrons. The molecular formula is C18H35N3O2. The van der Waals surface area contributed by atoms with Crippen LogP contribution in [0.3, 0.4) is 0 Å². The van der Waals surface area contributed by atoms with Gasteiger partial charge < -0.3 is 15.0 Å². The number of guanidine groups is 1. The van der Waals surface area contributed by atoms with Crippen LogP contribution in [0.15, 0.2) is 4.99 Å². The normalized spacial score (nSPS) is 22.1. The van der Waals surface area contributed by atoms with E-state index in [4.69, 9.17) is 4.99 Å². The van der Waals surface area contributed by atoms with Gasteiger partial charge in [-0.3, -0.25) is 9.79 Å². The first-order chi connectivity index (χ1) is 11.1. The molecule has 1 aliphatic rings. The summed E-state index contributed by atoms with van der Waals surface area (Å²) in [5.74, 6) is 2.44. The minimum absolute atomic E-state index is 0.106. The molecule has 1 fully saturated rings. The number of nitrogens with one attached hydrogen (secondary N) is 1. The molecule has 0 aromatic rings. The number of hydrogen-bond donors (Lipinski definition) is 1. The molecule has 0 aliphatic carbocycles. The van der Waals surface area contributed by atoms with Crippen molar-refractivity contribution >= 4 is 11.9 Å². The van der Waals surface area contributed by atoms with E-state index in [1.165, 1.54) is 13.5 Å². The molecule has 5 nitrogen and oxygen atoms in total. The molecule has 23 heavy (non-hydrogen) atoms. The van der Waals surface area contributed by atoms with Crippen molar-refractivity contribution in [3.8, 4) is 0 Å². The van der Waals surface area contributed by atoms with E-state index in [0.29, 0.717) is 6.42 Å². The molecule has 0 spiro atoms. The van der Waals surface area contributed by atoms with Crippen LogP contribution in [0.1, 0.15) is 59.3 Å². The van der Waals surface area contributed by atoms with Crippen LogP contribution in [0.25, 0.3) is 0 Å². The number of carbonyl (C=O) groups is 1. The molecule has 1 aliphatic heterocycles. The number of carbonyl (C=O) groups excluding carboxylic acids is 1. The van der Waals surface area contributed by atoms with Crippen LogP contribution in [0.5, 0.6) is 0 Å². The summed E-state index contributed by atoms with van der Waals surface area (Å²) >= 11 is 0. The van der Waals surface area contributed by atoms with Crippen molar-refractivity contribution in [3.63, 3.8) is 0 Å². The number of methoxy groups -OCH3 is 1. The third-order valence-electron chi connectivity index (χ3n) is 4.28. The van der Waals surface area contributed by atoms with Crippen molar-refractivity contribution in [2.75, 3.05) is 33.3 Å². The number of nitrogens with zero attached hydrogens (tertiary/aromatic N) is 2. The molecule has 2 unspecified atom stereocenters. The summed E-state index contributed by atoms with van der Waals surface area (Å²) in [6, 6.07) is 0. The molecule has 0 aromatic heterocycles. The van der Waals surface area contributed by atoms with Gasteiger partial charge in [-0.2, -0.15) is 0 Å². The van der Waals surface area contributed by atoms with E-state index in [2.05, 4.69) is 35.7 Å². The Morgan fingerprint density at radius 1 is 1.17 bits per heavy atom. The molecule has 1 saturated heterocycles. The maximum atomic E-state index is 11.0. The second-order valence-corrected chi connectivity index (χ2v) is 6.83. The van der Waals surface area contributed by atoms with Gasteiger partial charge in [-0.15, -0.1) is 0 Å². The average molecular weight is 325 g/mol. The lowest BCUT2D eigenvalue weighted by molar-refractivity contribution is -0.140. The molecule has 2 atom stereocenters. The lowest BCUT2D eigenvalue weighted by Gasteiger charge is -2.37. The van der Waals surface area contributed by atoms with E-state index in [1.54, 1.807) is 0 Å². The van der Waals surface area contributed by atoms with E-state index in [1.807, 2.05) is 0 Å². The smallest absolute Gasteiger partial charge is 0.305 e. The van der Waals surface area contributed by atoms with Crippen LogP contribution >= 0.6 is 0 Å². The van der Waals surface area contributed by atoms with Crippen molar-refractivity contribution in [2.24, 2.45) is 16.8 Å². The molecule has 1 N–H and O–H groups in total. The average Bonchev–Trinajstić information content (AvgIpc) is 2.51. The molecule has 1 rings (SSSR count). The fraction of sp³-hybridized carbons (Fsp3) is 0.889. The maximum Gasteiger partial charge on any atom is 0.305 e. The number of piperidine rings is 1. The van der Waals surface area contributed by atoms with Crippen LogP contribution in [0, 0.1) is 11.8 Å². The summed E-state index contributed by atoms with van der Waals surface area (Å²) in [6.07, 6.45) is 6.03. The lowest BCUT2D eigenvalue weighted by Crippen LogP contribution is -2.48. The summed E-state index contributed by atoms with van der Waals surface area (Å²) in [4.78, 5) is 18.2. The SMILES string of the molecule is CCNC(=NCCCCCCC(=O)OC)N1CC(C)CC(C)C1. The number of ether oxygens (including phenoxy) is 1. The van der Waals surface area contributed by atoms with Gasteiger partial charge in [0.25, 0.3) is 0 Å². The van der Waals surface area contributed by atoms with Gasteiger partial charge in [0.15, 0.2) is 5.96 Å². The Hall–Kier alpha value is -1.26. The molecule has 0 bridgehead atoms. The van der Waals surface area contributed by atoms with Crippen LogP contribution in [-0.4, -0.2) is 50.1 Å². The highest BCUT2D eigenvalue weighted by Crippen LogP contribution is 2.20. The zero-order valence-electron chi connectivity index (χ0n) is 15.4. The highest BCUT2D eigenvalue weighted by atomic mass is 16.5. The van der Waals surface area contributed by atoms with Gasteiger partial charge in [-0.25, -0.2) is 0 Å². The number of aliphatic imine (C=N–C) groups is 1. The summed E-state index contributed by atoms with van der Waals surface area (Å²) in [6.45, 7) is 10.8. The zero-order chi connectivity index (χ0) is 17.1. The molecule has 1 heterocycles. The number of unbranched alkanes of at least 4 members (excludes halogenated alkanes) is 3. The Morgan fingerprint density at radius 2 is 1.83 bits per heavy atom. The Kier molecular flexibility index (Phi) is 9.72. The monoisotopic (exact) mass is 325 g/mol. The third-order valence-corrected chi connectivity index (χ3v) is 4.28. The topological polar surface area (TPSA) is 53.9 Å². The van der Waals surface area contributed by atoms with Gasteiger partial charge in [0.2, 0.25) is 0 Å². The van der Waals surface area contributed by atoms with Crippen LogP contribution < -0.4 is 5.32 Å². The van der Waals surface area contributed by atoms with Gasteiger partial charge in [0.05, 0.1) is 7.11 Å². The van der Waals surface area contributed by atoms with Gasteiger partial charge >= 0.3 is 5.97 Å². The summed E-state index contributed by atoms with van der Waals surface area (Å²) in [5, 5.41) is 3.43. The summed E-state index contributed by atoms with van der Waals surface area (Å²) < 4.78 is 4.65. The first-order valence-corrected chi connectivity index (χ1v) is 9.16.